The molecule has 0 aromatic heterocycles. The summed E-state index contributed by atoms with van der Waals surface area (Å²) in [7, 11) is 3.77. The fourth-order valence-corrected chi connectivity index (χ4v) is 4.39. The van der Waals surface area contributed by atoms with Crippen molar-refractivity contribution < 1.29 is 29.3 Å². The number of nitrogens with zero attached hydrogens (tertiary/aromatic N) is 1. The number of likely N-dealkylation sites (N-methyl/N-ethyl adjacent to an activating group) is 1. The van der Waals surface area contributed by atoms with E-state index in [1.807, 2.05) is 12.1 Å². The number of carbonyl (C=O) groups is 3. The normalized spacial score (nSPS) is 19.8. The molecular formula is C22H23BrN2O6. The van der Waals surface area contributed by atoms with Gasteiger partial charge in [-0.3, -0.25) is 4.79 Å². The molecule has 2 atom stereocenters. The molecular weight excluding hydrogens is 468 g/mol. The third kappa shape index (κ3) is 5.05. The smallest absolute Gasteiger partial charge is 0.336 e. The molecule has 4 rings (SSSR count). The molecule has 1 saturated heterocycles. The van der Waals surface area contributed by atoms with Gasteiger partial charge in [0, 0.05) is 35.6 Å². The van der Waals surface area contributed by atoms with Gasteiger partial charge >= 0.3 is 11.9 Å². The predicted octanol–water partition coefficient (Wildman–Crippen LogP) is 2.93. The molecule has 3 N–H and O–H groups in total. The summed E-state index contributed by atoms with van der Waals surface area (Å²) >= 11 is 3.01. The minimum absolute atomic E-state index is 0.0287. The van der Waals surface area contributed by atoms with Gasteiger partial charge in [-0.15, -0.1) is 0 Å². The number of hydrogen-bond acceptors (Lipinski definition) is 5. The maximum atomic E-state index is 12.1. The summed E-state index contributed by atoms with van der Waals surface area (Å²) in [5.74, 6) is -0.553. The third-order valence-electron chi connectivity index (χ3n) is 5.50. The molecule has 31 heavy (non-hydrogen) atoms. The van der Waals surface area contributed by atoms with Gasteiger partial charge in [0.2, 0.25) is 0 Å². The lowest BCUT2D eigenvalue weighted by atomic mass is 9.87. The van der Waals surface area contributed by atoms with E-state index >= 15 is 0 Å². The molecule has 9 heteroatoms. The van der Waals surface area contributed by atoms with E-state index in [0.29, 0.717) is 16.3 Å². The van der Waals surface area contributed by atoms with Gasteiger partial charge in [0.1, 0.15) is 5.75 Å². The van der Waals surface area contributed by atoms with Crippen LogP contribution in [0.3, 0.4) is 0 Å². The minimum Gasteiger partial charge on any atom is -0.497 e. The molecule has 2 aromatic rings. The number of carbonyl (C=O) groups excluding carboxylic acids is 1. The Morgan fingerprint density at radius 2 is 1.87 bits per heavy atom. The fourth-order valence-electron chi connectivity index (χ4n) is 3.97. The number of aromatic carboxylic acids is 2. The summed E-state index contributed by atoms with van der Waals surface area (Å²) in [6, 6.07) is 9.69. The number of ether oxygens (including phenoxy) is 1. The second-order valence-corrected chi connectivity index (χ2v) is 8.41. The van der Waals surface area contributed by atoms with E-state index in [2.05, 4.69) is 39.3 Å². The highest BCUT2D eigenvalue weighted by molar-refractivity contribution is 9.10. The van der Waals surface area contributed by atoms with Crippen molar-refractivity contribution >= 4 is 33.8 Å². The number of carboxylic acids is 2. The lowest BCUT2D eigenvalue weighted by Gasteiger charge is -2.16. The fraction of sp³-hybridized carbons (Fsp3) is 0.318. The molecule has 1 fully saturated rings. The third-order valence-corrected chi connectivity index (χ3v) is 6.19. The van der Waals surface area contributed by atoms with Crippen molar-refractivity contribution in [1.29, 1.82) is 0 Å². The van der Waals surface area contributed by atoms with Crippen LogP contribution in [-0.4, -0.2) is 66.8 Å². The van der Waals surface area contributed by atoms with Crippen LogP contribution in [0.25, 0.3) is 0 Å². The largest absolute Gasteiger partial charge is 0.497 e. The molecule has 8 nitrogen and oxygen atoms in total. The summed E-state index contributed by atoms with van der Waals surface area (Å²) in [6.07, 6.45) is 0. The molecule has 164 valence electrons. The zero-order valence-corrected chi connectivity index (χ0v) is 18.7. The summed E-state index contributed by atoms with van der Waals surface area (Å²) in [6.45, 7) is 2.85. The van der Waals surface area contributed by atoms with Crippen LogP contribution in [0, 0.1) is 5.92 Å². The molecule has 2 aliphatic heterocycles. The van der Waals surface area contributed by atoms with E-state index in [0.717, 1.165) is 37.0 Å². The summed E-state index contributed by atoms with van der Waals surface area (Å²) < 4.78 is 5.58. The standard InChI is InChI=1S/C14H18N2O2.C8H5BrO4/c1-16-7-9-6-15-14(17)12-5-10(18-2)3-4-11(12)13(9)8-16;9-6-2-1-4(7(10)11)3-5(6)8(12)13/h3-5,9,13H,6-8H2,1-2H3,(H,15,17);1-3H,(H,10,11)(H,12,13)/t9-,13-;/m1./s1. The number of amides is 1. The van der Waals surface area contributed by atoms with E-state index in [-0.39, 0.29) is 17.0 Å². The summed E-state index contributed by atoms with van der Waals surface area (Å²) in [4.78, 5) is 35.5. The first-order chi connectivity index (χ1) is 14.7. The van der Waals surface area contributed by atoms with Gasteiger partial charge in [0.05, 0.1) is 18.2 Å². The Balaban J connectivity index is 0.000000187. The summed E-state index contributed by atoms with van der Waals surface area (Å²) in [5.41, 5.74) is 1.85. The average Bonchev–Trinajstić information content (AvgIpc) is 3.06. The van der Waals surface area contributed by atoms with Crippen LogP contribution in [-0.2, 0) is 0 Å². The van der Waals surface area contributed by atoms with Crippen molar-refractivity contribution in [3.63, 3.8) is 0 Å². The number of nitrogens with one attached hydrogen (secondary N) is 1. The van der Waals surface area contributed by atoms with E-state index in [4.69, 9.17) is 14.9 Å². The number of methoxy groups -OCH3 is 1. The first kappa shape index (κ1) is 22.8. The van der Waals surface area contributed by atoms with Crippen molar-refractivity contribution in [2.45, 2.75) is 5.92 Å². The van der Waals surface area contributed by atoms with Crippen molar-refractivity contribution in [3.8, 4) is 5.75 Å². The monoisotopic (exact) mass is 490 g/mol. The van der Waals surface area contributed by atoms with Gasteiger partial charge < -0.3 is 25.2 Å². The maximum absolute atomic E-state index is 12.1. The predicted molar refractivity (Wildman–Crippen MR) is 117 cm³/mol. The number of carboxylic acid groups (broad SMARTS) is 2. The van der Waals surface area contributed by atoms with Crippen LogP contribution in [0.4, 0.5) is 0 Å². The number of halogens is 1. The second kappa shape index (κ2) is 9.49. The molecule has 2 aromatic carbocycles. The van der Waals surface area contributed by atoms with E-state index < -0.39 is 11.9 Å². The van der Waals surface area contributed by atoms with Crippen molar-refractivity contribution in [3.05, 3.63) is 63.1 Å². The lowest BCUT2D eigenvalue weighted by Crippen LogP contribution is -2.29. The number of rotatable bonds is 3. The lowest BCUT2D eigenvalue weighted by molar-refractivity contribution is 0.0695. The number of hydrogen-bond donors (Lipinski definition) is 3. The topological polar surface area (TPSA) is 116 Å². The Labute approximate surface area is 187 Å². The van der Waals surface area contributed by atoms with E-state index in [1.54, 1.807) is 7.11 Å². The number of likely N-dealkylation sites (tertiary alicyclic amines) is 1. The quantitative estimate of drug-likeness (QED) is 0.605. The van der Waals surface area contributed by atoms with Crippen LogP contribution in [0.15, 0.2) is 40.9 Å². The molecule has 0 unspecified atom stereocenters. The van der Waals surface area contributed by atoms with E-state index in [1.165, 1.54) is 17.7 Å². The molecule has 2 heterocycles. The van der Waals surface area contributed by atoms with Gasteiger partial charge in [-0.1, -0.05) is 6.07 Å². The molecule has 0 spiro atoms. The van der Waals surface area contributed by atoms with Crippen molar-refractivity contribution in [2.24, 2.45) is 5.92 Å². The van der Waals surface area contributed by atoms with Gasteiger partial charge in [0.15, 0.2) is 0 Å². The van der Waals surface area contributed by atoms with Gasteiger partial charge in [0.25, 0.3) is 5.91 Å². The van der Waals surface area contributed by atoms with Crippen LogP contribution < -0.4 is 10.1 Å². The summed E-state index contributed by atoms with van der Waals surface area (Å²) in [5, 5.41) is 20.2. The van der Waals surface area contributed by atoms with Gasteiger partial charge in [-0.05, 0) is 64.8 Å². The highest BCUT2D eigenvalue weighted by Crippen LogP contribution is 2.36. The van der Waals surface area contributed by atoms with Crippen LogP contribution >= 0.6 is 15.9 Å². The number of benzene rings is 2. The molecule has 0 saturated carbocycles. The molecule has 1 amide bonds. The first-order valence-corrected chi connectivity index (χ1v) is 10.4. The zero-order valence-electron chi connectivity index (χ0n) is 17.1. The van der Waals surface area contributed by atoms with Crippen molar-refractivity contribution in [1.82, 2.24) is 10.2 Å². The second-order valence-electron chi connectivity index (χ2n) is 7.56. The van der Waals surface area contributed by atoms with Gasteiger partial charge in [-0.25, -0.2) is 9.59 Å². The van der Waals surface area contributed by atoms with Crippen LogP contribution in [0.2, 0.25) is 0 Å². The first-order valence-electron chi connectivity index (χ1n) is 9.62. The Morgan fingerprint density at radius 3 is 2.52 bits per heavy atom. The Kier molecular flexibility index (Phi) is 6.97. The SMILES string of the molecule is COc1ccc2c(c1)C(=O)NC[C@@H]1CN(C)C[C@@H]21.O=C(O)c1ccc(Br)c(C(=O)O)c1. The Bertz CT molecular complexity index is 1030. The van der Waals surface area contributed by atoms with E-state index in [9.17, 15) is 14.4 Å². The minimum atomic E-state index is -1.16. The molecule has 0 bridgehead atoms. The van der Waals surface area contributed by atoms with Crippen LogP contribution in [0.5, 0.6) is 5.75 Å². The maximum Gasteiger partial charge on any atom is 0.336 e. The van der Waals surface area contributed by atoms with Crippen LogP contribution in [0.1, 0.15) is 42.6 Å². The Hall–Kier alpha value is -2.91. The van der Waals surface area contributed by atoms with Gasteiger partial charge in [-0.2, -0.15) is 0 Å². The average molecular weight is 491 g/mol. The van der Waals surface area contributed by atoms with Crippen molar-refractivity contribution in [2.75, 3.05) is 33.8 Å². The highest BCUT2D eigenvalue weighted by atomic mass is 79.9. The Morgan fingerprint density at radius 1 is 1.13 bits per heavy atom. The highest BCUT2D eigenvalue weighted by Gasteiger charge is 2.36. The molecule has 2 aliphatic rings. The molecule has 0 aliphatic carbocycles. The number of fused-ring (bicyclic) bond motifs is 3. The molecule has 0 radical (unpaired) electrons. The zero-order chi connectivity index (χ0) is 22.7.